The molecule has 1 saturated heterocycles. The third kappa shape index (κ3) is 7.14. The van der Waals surface area contributed by atoms with Gasteiger partial charge in [-0.15, -0.1) is 0 Å². The lowest BCUT2D eigenvalue weighted by Gasteiger charge is -2.30. The molecule has 1 N–H and O–H groups in total. The molecule has 1 aromatic rings. The molecule has 0 unspecified atom stereocenters. The van der Waals surface area contributed by atoms with Crippen molar-refractivity contribution in [2.75, 3.05) is 13.1 Å². The van der Waals surface area contributed by atoms with Crippen molar-refractivity contribution in [2.24, 2.45) is 5.92 Å². The van der Waals surface area contributed by atoms with E-state index in [4.69, 9.17) is 0 Å². The summed E-state index contributed by atoms with van der Waals surface area (Å²) < 4.78 is 2.40. The van der Waals surface area contributed by atoms with Crippen molar-refractivity contribution in [3.05, 3.63) is 42.1 Å². The van der Waals surface area contributed by atoms with Crippen molar-refractivity contribution in [1.29, 1.82) is 0 Å². The summed E-state index contributed by atoms with van der Waals surface area (Å²) in [5, 5.41) is 2.29. The van der Waals surface area contributed by atoms with E-state index in [-0.39, 0.29) is 6.42 Å². The van der Waals surface area contributed by atoms with Gasteiger partial charge in [0.05, 0.1) is 0 Å². The van der Waals surface area contributed by atoms with Crippen molar-refractivity contribution >= 4 is 29.9 Å². The summed E-state index contributed by atoms with van der Waals surface area (Å²) in [6.07, 6.45) is 7.11. The number of carbonyl (C=O) groups is 3. The first kappa shape index (κ1) is 20.4. The number of aldehydes is 1. The Morgan fingerprint density at radius 3 is 2.58 bits per heavy atom. The topological polar surface area (TPSA) is 66.5 Å². The van der Waals surface area contributed by atoms with Gasteiger partial charge >= 0.3 is 0 Å². The third-order valence-corrected chi connectivity index (χ3v) is 5.59. The second kappa shape index (κ2) is 10.9. The summed E-state index contributed by atoms with van der Waals surface area (Å²) >= 11 is 1.81. The monoisotopic (exact) mass is 374 g/mol. The first-order valence-corrected chi connectivity index (χ1v) is 9.79. The van der Waals surface area contributed by atoms with E-state index in [2.05, 4.69) is 40.8 Å². The van der Waals surface area contributed by atoms with E-state index >= 15 is 0 Å². The van der Waals surface area contributed by atoms with E-state index in [0.717, 1.165) is 44.8 Å². The number of carbonyl (C=O) groups excluding carboxylic acids is 3. The number of hydrogen-bond acceptors (Lipinski definition) is 5. The Balaban J connectivity index is 1.62. The molecular formula is C20H26N2O3S. The molecule has 2 rings (SSSR count). The van der Waals surface area contributed by atoms with E-state index in [1.54, 1.807) is 0 Å². The number of nitrogens with one attached hydrogen (secondary N) is 1. The van der Waals surface area contributed by atoms with E-state index in [1.807, 2.05) is 11.9 Å². The number of amides is 1. The fraction of sp³-hybridized carbons (Fsp3) is 0.450. The van der Waals surface area contributed by atoms with Crippen LogP contribution in [0.15, 0.2) is 41.4 Å². The van der Waals surface area contributed by atoms with Gasteiger partial charge in [0.15, 0.2) is 0 Å². The number of aryl methyl sites for hydroxylation is 1. The maximum Gasteiger partial charge on any atom is 0.291 e. The van der Waals surface area contributed by atoms with Crippen LogP contribution in [0.3, 0.4) is 0 Å². The molecule has 140 valence electrons. The SMILES string of the molecule is Cc1ccc(SN2CCC(CCCC(=O)C(=O)N/C=C/C=O)CC2)cc1. The first-order chi connectivity index (χ1) is 12.6. The van der Waals surface area contributed by atoms with Gasteiger partial charge in [0.25, 0.3) is 5.91 Å². The number of ketones is 1. The smallest absolute Gasteiger partial charge is 0.291 e. The highest BCUT2D eigenvalue weighted by Crippen LogP contribution is 2.30. The Morgan fingerprint density at radius 1 is 1.23 bits per heavy atom. The molecule has 0 spiro atoms. The highest BCUT2D eigenvalue weighted by atomic mass is 32.2. The van der Waals surface area contributed by atoms with Crippen LogP contribution in [-0.4, -0.2) is 35.4 Å². The molecular weight excluding hydrogens is 348 g/mol. The van der Waals surface area contributed by atoms with Gasteiger partial charge in [0, 0.05) is 30.6 Å². The molecule has 26 heavy (non-hydrogen) atoms. The number of rotatable bonds is 9. The van der Waals surface area contributed by atoms with Gasteiger partial charge in [0.2, 0.25) is 5.78 Å². The molecule has 1 aliphatic heterocycles. The molecule has 0 aromatic heterocycles. The van der Waals surface area contributed by atoms with Gasteiger partial charge in [-0.3, -0.25) is 14.4 Å². The molecule has 1 fully saturated rings. The Labute approximate surface area is 159 Å². The molecule has 1 aliphatic rings. The largest absolute Gasteiger partial charge is 0.326 e. The zero-order chi connectivity index (χ0) is 18.8. The van der Waals surface area contributed by atoms with Crippen LogP contribution in [-0.2, 0) is 14.4 Å². The Bertz CT molecular complexity index is 635. The molecule has 1 aromatic carbocycles. The van der Waals surface area contributed by atoms with E-state index < -0.39 is 11.7 Å². The van der Waals surface area contributed by atoms with Crippen molar-refractivity contribution < 1.29 is 14.4 Å². The lowest BCUT2D eigenvalue weighted by molar-refractivity contribution is -0.137. The van der Waals surface area contributed by atoms with Crippen molar-refractivity contribution in [2.45, 2.75) is 43.9 Å². The minimum atomic E-state index is -0.646. The van der Waals surface area contributed by atoms with Gasteiger partial charge in [-0.1, -0.05) is 17.7 Å². The zero-order valence-corrected chi connectivity index (χ0v) is 16.0. The molecule has 0 aliphatic carbocycles. The second-order valence-electron chi connectivity index (χ2n) is 6.56. The lowest BCUT2D eigenvalue weighted by Crippen LogP contribution is -2.29. The molecule has 0 saturated carbocycles. The fourth-order valence-corrected chi connectivity index (χ4v) is 3.90. The van der Waals surface area contributed by atoms with Crippen LogP contribution in [0.1, 0.15) is 37.7 Å². The summed E-state index contributed by atoms with van der Waals surface area (Å²) in [4.78, 5) is 34.6. The van der Waals surface area contributed by atoms with Gasteiger partial charge < -0.3 is 5.32 Å². The average Bonchev–Trinajstić information content (AvgIpc) is 2.65. The molecule has 0 radical (unpaired) electrons. The van der Waals surface area contributed by atoms with Crippen LogP contribution >= 0.6 is 11.9 Å². The van der Waals surface area contributed by atoms with Crippen LogP contribution in [0.25, 0.3) is 0 Å². The maximum absolute atomic E-state index is 11.7. The standard InChI is InChI=1S/C20H26N2O3S/c1-16-6-8-18(9-7-16)26-22-13-10-17(11-14-22)4-2-5-19(24)20(25)21-12-3-15-23/h3,6-9,12,15,17H,2,4-5,10-11,13-14H2,1H3,(H,21,25)/b12-3+. The van der Waals surface area contributed by atoms with E-state index in [1.165, 1.54) is 16.7 Å². The summed E-state index contributed by atoms with van der Waals surface area (Å²) in [5.74, 6) is -0.448. The fourth-order valence-electron chi connectivity index (χ4n) is 2.95. The normalized spacial score (nSPS) is 15.9. The molecule has 1 amide bonds. The van der Waals surface area contributed by atoms with Crippen LogP contribution in [0.5, 0.6) is 0 Å². The zero-order valence-electron chi connectivity index (χ0n) is 15.1. The van der Waals surface area contributed by atoms with Crippen LogP contribution in [0, 0.1) is 12.8 Å². The predicted molar refractivity (Wildman–Crippen MR) is 104 cm³/mol. The summed E-state index contributed by atoms with van der Waals surface area (Å²) in [6.45, 7) is 4.19. The number of benzene rings is 1. The Hall–Kier alpha value is -1.92. The van der Waals surface area contributed by atoms with Gasteiger partial charge in [-0.2, -0.15) is 0 Å². The highest BCUT2D eigenvalue weighted by Gasteiger charge is 2.20. The van der Waals surface area contributed by atoms with E-state index in [0.29, 0.717) is 12.2 Å². The van der Waals surface area contributed by atoms with Crippen molar-refractivity contribution in [1.82, 2.24) is 9.62 Å². The van der Waals surface area contributed by atoms with Crippen LogP contribution in [0.2, 0.25) is 0 Å². The first-order valence-electron chi connectivity index (χ1n) is 9.02. The summed E-state index contributed by atoms with van der Waals surface area (Å²) in [7, 11) is 0. The Morgan fingerprint density at radius 2 is 1.92 bits per heavy atom. The number of nitrogens with zero attached hydrogens (tertiary/aromatic N) is 1. The molecule has 0 atom stereocenters. The number of piperidine rings is 1. The average molecular weight is 375 g/mol. The van der Waals surface area contributed by atoms with Crippen LogP contribution < -0.4 is 5.32 Å². The second-order valence-corrected chi connectivity index (χ2v) is 7.73. The third-order valence-electron chi connectivity index (χ3n) is 4.49. The van der Waals surface area contributed by atoms with Crippen LogP contribution in [0.4, 0.5) is 0 Å². The minimum absolute atomic E-state index is 0.263. The number of allylic oxidation sites excluding steroid dienone is 1. The quantitative estimate of drug-likeness (QED) is 0.311. The summed E-state index contributed by atoms with van der Waals surface area (Å²) in [6, 6.07) is 8.59. The minimum Gasteiger partial charge on any atom is -0.326 e. The van der Waals surface area contributed by atoms with Gasteiger partial charge in [-0.05, 0) is 68.7 Å². The van der Waals surface area contributed by atoms with Gasteiger partial charge in [-0.25, -0.2) is 4.31 Å². The predicted octanol–water partition coefficient (Wildman–Crippen LogP) is 3.28. The highest BCUT2D eigenvalue weighted by molar-refractivity contribution is 7.97. The molecule has 5 nitrogen and oxygen atoms in total. The Kier molecular flexibility index (Phi) is 8.58. The number of hydrogen-bond donors (Lipinski definition) is 1. The maximum atomic E-state index is 11.7. The van der Waals surface area contributed by atoms with Crippen molar-refractivity contribution in [3.8, 4) is 0 Å². The summed E-state index contributed by atoms with van der Waals surface area (Å²) in [5.41, 5.74) is 1.27. The molecule has 6 heteroatoms. The number of Topliss-reactive ketones (excluding diaryl/α,β-unsaturated/α-hetero) is 1. The molecule has 0 bridgehead atoms. The van der Waals surface area contributed by atoms with Crippen molar-refractivity contribution in [3.63, 3.8) is 0 Å². The molecule has 1 heterocycles. The van der Waals surface area contributed by atoms with Gasteiger partial charge in [0.1, 0.15) is 6.29 Å². The van der Waals surface area contributed by atoms with E-state index in [9.17, 15) is 14.4 Å². The lowest BCUT2D eigenvalue weighted by atomic mass is 9.92.